The minimum Gasteiger partial charge on any atom is -0.478 e. The van der Waals surface area contributed by atoms with Gasteiger partial charge in [0.15, 0.2) is 0 Å². The molecule has 2 unspecified atom stereocenters. The van der Waals surface area contributed by atoms with Crippen molar-refractivity contribution >= 4 is 17.6 Å². The van der Waals surface area contributed by atoms with Crippen LogP contribution < -0.4 is 10.6 Å². The van der Waals surface area contributed by atoms with E-state index in [1.54, 1.807) is 26.1 Å². The molecule has 3 N–H and O–H groups in total. The quantitative estimate of drug-likeness (QED) is 0.760. The number of ether oxygens (including phenoxy) is 1. The van der Waals surface area contributed by atoms with E-state index in [4.69, 9.17) is 9.84 Å². The van der Waals surface area contributed by atoms with E-state index in [9.17, 15) is 9.59 Å². The van der Waals surface area contributed by atoms with Crippen molar-refractivity contribution in [1.29, 1.82) is 0 Å². The van der Waals surface area contributed by atoms with Crippen LogP contribution in [-0.4, -0.2) is 43.3 Å². The van der Waals surface area contributed by atoms with Crippen LogP contribution in [0, 0.1) is 12.8 Å². The Balaban J connectivity index is 2.12. The Morgan fingerprint density at radius 1 is 1.35 bits per heavy atom. The molecule has 2 rings (SSSR count). The number of aromatic carboxylic acids is 1. The Kier molecular flexibility index (Phi) is 4.36. The Bertz CT molecular complexity index is 530. The maximum absolute atomic E-state index is 12.2. The zero-order chi connectivity index (χ0) is 14.7. The fourth-order valence-electron chi connectivity index (χ4n) is 2.26. The molecule has 1 aromatic carbocycles. The number of aryl methyl sites for hydroxylation is 1. The highest BCUT2D eigenvalue weighted by molar-refractivity contribution is 5.96. The zero-order valence-corrected chi connectivity index (χ0v) is 11.5. The van der Waals surface area contributed by atoms with Crippen LogP contribution in [0.2, 0.25) is 0 Å². The molecule has 0 bridgehead atoms. The third kappa shape index (κ3) is 2.97. The highest BCUT2D eigenvalue weighted by Gasteiger charge is 2.33. The summed E-state index contributed by atoms with van der Waals surface area (Å²) < 4.78 is 5.28. The number of hydrogen-bond acceptors (Lipinski definition) is 4. The second kappa shape index (κ2) is 6.02. The molecule has 1 fully saturated rings. The fourth-order valence-corrected chi connectivity index (χ4v) is 2.26. The van der Waals surface area contributed by atoms with Crippen molar-refractivity contribution in [2.45, 2.75) is 13.0 Å². The van der Waals surface area contributed by atoms with Gasteiger partial charge < -0.3 is 20.5 Å². The molecular weight excluding hydrogens is 260 g/mol. The third-order valence-corrected chi connectivity index (χ3v) is 3.52. The number of anilines is 1. The summed E-state index contributed by atoms with van der Waals surface area (Å²) in [6.45, 7) is 2.59. The number of nitrogens with one attached hydrogen (secondary N) is 2. The molecule has 108 valence electrons. The van der Waals surface area contributed by atoms with E-state index in [-0.39, 0.29) is 23.4 Å². The third-order valence-electron chi connectivity index (χ3n) is 3.52. The fraction of sp³-hybridized carbons (Fsp3) is 0.429. The van der Waals surface area contributed by atoms with Crippen LogP contribution in [0.4, 0.5) is 5.69 Å². The van der Waals surface area contributed by atoms with Crippen LogP contribution >= 0.6 is 0 Å². The van der Waals surface area contributed by atoms with Crippen LogP contribution in [0.1, 0.15) is 15.9 Å². The summed E-state index contributed by atoms with van der Waals surface area (Å²) in [4.78, 5) is 23.2. The van der Waals surface area contributed by atoms with Crippen molar-refractivity contribution in [3.63, 3.8) is 0 Å². The number of carboxylic acid groups (broad SMARTS) is 1. The first-order valence-corrected chi connectivity index (χ1v) is 6.42. The number of hydrogen-bond donors (Lipinski definition) is 3. The van der Waals surface area contributed by atoms with Gasteiger partial charge in [-0.15, -0.1) is 0 Å². The molecule has 0 spiro atoms. The Labute approximate surface area is 117 Å². The first-order chi connectivity index (χ1) is 9.52. The molecule has 1 aliphatic heterocycles. The van der Waals surface area contributed by atoms with Crippen LogP contribution in [-0.2, 0) is 9.53 Å². The second-order valence-corrected chi connectivity index (χ2v) is 4.86. The number of carbonyl (C=O) groups excluding carboxylic acids is 1. The summed E-state index contributed by atoms with van der Waals surface area (Å²) in [6, 6.07) is 4.84. The summed E-state index contributed by atoms with van der Waals surface area (Å²) in [6.07, 6.45) is 0. The van der Waals surface area contributed by atoms with E-state index in [0.717, 1.165) is 0 Å². The van der Waals surface area contributed by atoms with Crippen molar-refractivity contribution in [3.8, 4) is 0 Å². The van der Waals surface area contributed by atoms with E-state index in [2.05, 4.69) is 10.6 Å². The lowest BCUT2D eigenvalue weighted by molar-refractivity contribution is -0.120. The van der Waals surface area contributed by atoms with Crippen molar-refractivity contribution in [2.24, 2.45) is 5.92 Å². The van der Waals surface area contributed by atoms with E-state index < -0.39 is 5.97 Å². The molecule has 20 heavy (non-hydrogen) atoms. The molecule has 1 heterocycles. The van der Waals surface area contributed by atoms with Gasteiger partial charge in [0.25, 0.3) is 0 Å². The topological polar surface area (TPSA) is 87.7 Å². The van der Waals surface area contributed by atoms with E-state index >= 15 is 0 Å². The highest BCUT2D eigenvalue weighted by atomic mass is 16.5. The number of amides is 1. The van der Waals surface area contributed by atoms with Gasteiger partial charge in [-0.1, -0.05) is 6.07 Å². The lowest BCUT2D eigenvalue weighted by Crippen LogP contribution is -2.39. The van der Waals surface area contributed by atoms with E-state index in [1.165, 1.54) is 6.07 Å². The molecule has 1 aliphatic rings. The van der Waals surface area contributed by atoms with Gasteiger partial charge in [-0.2, -0.15) is 0 Å². The van der Waals surface area contributed by atoms with E-state index in [1.807, 2.05) is 0 Å². The lowest BCUT2D eigenvalue weighted by Gasteiger charge is -2.16. The SMILES string of the molecule is CNC1COCC1C(=O)Nc1ccc(C)c(C(=O)O)c1. The molecule has 1 saturated heterocycles. The average Bonchev–Trinajstić information content (AvgIpc) is 2.89. The average molecular weight is 278 g/mol. The number of carbonyl (C=O) groups is 2. The predicted octanol–water partition coefficient (Wildman–Crippen LogP) is 0.866. The van der Waals surface area contributed by atoms with Crippen LogP contribution in [0.3, 0.4) is 0 Å². The summed E-state index contributed by atoms with van der Waals surface area (Å²) in [5, 5.41) is 14.9. The smallest absolute Gasteiger partial charge is 0.336 e. The number of benzene rings is 1. The van der Waals surface area contributed by atoms with Crippen molar-refractivity contribution < 1.29 is 19.4 Å². The molecule has 6 nitrogen and oxygen atoms in total. The predicted molar refractivity (Wildman–Crippen MR) is 73.9 cm³/mol. The molecule has 0 aliphatic carbocycles. The minimum atomic E-state index is -1.00. The first kappa shape index (κ1) is 14.5. The number of carboxylic acids is 1. The Hall–Kier alpha value is -1.92. The van der Waals surface area contributed by atoms with E-state index in [0.29, 0.717) is 24.5 Å². The van der Waals surface area contributed by atoms with Gasteiger partial charge in [-0.25, -0.2) is 4.79 Å². The normalized spacial score (nSPS) is 21.7. The molecule has 2 atom stereocenters. The summed E-state index contributed by atoms with van der Waals surface area (Å²) in [5.41, 5.74) is 1.34. The van der Waals surface area contributed by atoms with Crippen molar-refractivity contribution in [2.75, 3.05) is 25.6 Å². The monoisotopic (exact) mass is 278 g/mol. The Morgan fingerprint density at radius 2 is 2.10 bits per heavy atom. The largest absolute Gasteiger partial charge is 0.478 e. The minimum absolute atomic E-state index is 0.0145. The number of rotatable bonds is 4. The molecule has 0 saturated carbocycles. The molecular formula is C14H18N2O4. The van der Waals surface area contributed by atoms with Crippen molar-refractivity contribution in [1.82, 2.24) is 5.32 Å². The number of likely N-dealkylation sites (N-methyl/N-ethyl adjacent to an activating group) is 1. The molecule has 0 aromatic heterocycles. The van der Waals surface area contributed by atoms with Crippen molar-refractivity contribution in [3.05, 3.63) is 29.3 Å². The standard InChI is InChI=1S/C14H18N2O4/c1-8-3-4-9(5-10(8)14(18)19)16-13(17)11-6-20-7-12(11)15-2/h3-5,11-12,15H,6-7H2,1-2H3,(H,16,17)(H,18,19). The van der Waals surface area contributed by atoms with Gasteiger partial charge in [-0.05, 0) is 31.7 Å². The van der Waals surface area contributed by atoms with Gasteiger partial charge in [0.2, 0.25) is 5.91 Å². The maximum atomic E-state index is 12.2. The first-order valence-electron chi connectivity index (χ1n) is 6.42. The maximum Gasteiger partial charge on any atom is 0.336 e. The molecule has 6 heteroatoms. The second-order valence-electron chi connectivity index (χ2n) is 4.86. The van der Waals surface area contributed by atoms with Gasteiger partial charge >= 0.3 is 5.97 Å². The lowest BCUT2D eigenvalue weighted by atomic mass is 10.0. The Morgan fingerprint density at radius 3 is 2.75 bits per heavy atom. The molecule has 1 aromatic rings. The molecule has 1 amide bonds. The molecule has 0 radical (unpaired) electrons. The highest BCUT2D eigenvalue weighted by Crippen LogP contribution is 2.19. The van der Waals surface area contributed by atoms with Gasteiger partial charge in [0.1, 0.15) is 0 Å². The summed E-state index contributed by atoms with van der Waals surface area (Å²) in [5.74, 6) is -1.44. The van der Waals surface area contributed by atoms with Crippen LogP contribution in [0.25, 0.3) is 0 Å². The van der Waals surface area contributed by atoms with Gasteiger partial charge in [0.05, 0.1) is 24.7 Å². The van der Waals surface area contributed by atoms with Crippen LogP contribution in [0.15, 0.2) is 18.2 Å². The summed E-state index contributed by atoms with van der Waals surface area (Å²) >= 11 is 0. The summed E-state index contributed by atoms with van der Waals surface area (Å²) in [7, 11) is 1.79. The van der Waals surface area contributed by atoms with Gasteiger partial charge in [0, 0.05) is 11.7 Å². The van der Waals surface area contributed by atoms with Crippen LogP contribution in [0.5, 0.6) is 0 Å². The van der Waals surface area contributed by atoms with Gasteiger partial charge in [-0.3, -0.25) is 4.79 Å². The zero-order valence-electron chi connectivity index (χ0n) is 11.5.